The summed E-state index contributed by atoms with van der Waals surface area (Å²) in [7, 11) is 1.29. The number of aryl methyl sites for hydroxylation is 2. The Kier molecular flexibility index (Phi) is 9.91. The van der Waals surface area contributed by atoms with Gasteiger partial charge in [0.2, 0.25) is 5.91 Å². The van der Waals surface area contributed by atoms with Crippen molar-refractivity contribution < 1.29 is 23.9 Å². The Morgan fingerprint density at radius 3 is 2.09 bits per heavy atom. The molecule has 0 aliphatic rings. The number of esters is 1. The SMILES string of the molecule is COC(=O)[C@H](Cc1c(C)cccc1C)NC(=O)[C@H](CC(C)C)NC(=O)OCc1ccccc1. The third-order valence-electron chi connectivity index (χ3n) is 5.38. The van der Waals surface area contributed by atoms with Gasteiger partial charge in [-0.25, -0.2) is 9.59 Å². The van der Waals surface area contributed by atoms with E-state index in [-0.39, 0.29) is 12.5 Å². The molecule has 2 N–H and O–H groups in total. The summed E-state index contributed by atoms with van der Waals surface area (Å²) in [5.74, 6) is -0.867. The van der Waals surface area contributed by atoms with Crippen molar-refractivity contribution in [1.82, 2.24) is 10.6 Å². The number of rotatable bonds is 10. The first-order valence-corrected chi connectivity index (χ1v) is 11.1. The lowest BCUT2D eigenvalue weighted by atomic mass is 9.96. The lowest BCUT2D eigenvalue weighted by Gasteiger charge is -2.24. The summed E-state index contributed by atoms with van der Waals surface area (Å²) in [4.78, 5) is 37.9. The summed E-state index contributed by atoms with van der Waals surface area (Å²) in [5, 5.41) is 5.41. The highest BCUT2D eigenvalue weighted by Gasteiger charge is 2.29. The molecule has 178 valence electrons. The molecule has 0 saturated heterocycles. The molecule has 0 unspecified atom stereocenters. The van der Waals surface area contributed by atoms with E-state index in [2.05, 4.69) is 10.6 Å². The molecule has 0 aliphatic carbocycles. The molecular formula is C26H34N2O5. The number of methoxy groups -OCH3 is 1. The molecule has 2 atom stereocenters. The average Bonchev–Trinajstić information content (AvgIpc) is 2.78. The summed E-state index contributed by atoms with van der Waals surface area (Å²) in [5.41, 5.74) is 3.87. The molecular weight excluding hydrogens is 420 g/mol. The Balaban J connectivity index is 2.09. The van der Waals surface area contributed by atoms with E-state index >= 15 is 0 Å². The number of nitrogens with one attached hydrogen (secondary N) is 2. The van der Waals surface area contributed by atoms with Crippen LogP contribution in [0.3, 0.4) is 0 Å². The first-order valence-electron chi connectivity index (χ1n) is 11.1. The van der Waals surface area contributed by atoms with Crippen LogP contribution in [0.4, 0.5) is 4.79 Å². The monoisotopic (exact) mass is 454 g/mol. The summed E-state index contributed by atoms with van der Waals surface area (Å²) in [6.07, 6.45) is -0.00290. The van der Waals surface area contributed by atoms with E-state index in [9.17, 15) is 14.4 Å². The van der Waals surface area contributed by atoms with Gasteiger partial charge in [-0.05, 0) is 48.4 Å². The fourth-order valence-corrected chi connectivity index (χ4v) is 3.59. The number of amides is 2. The Hall–Kier alpha value is -3.35. The highest BCUT2D eigenvalue weighted by molar-refractivity contribution is 5.89. The van der Waals surface area contributed by atoms with Gasteiger partial charge in [0.1, 0.15) is 18.7 Å². The number of ether oxygens (including phenoxy) is 2. The lowest BCUT2D eigenvalue weighted by molar-refractivity contribution is -0.145. The van der Waals surface area contributed by atoms with Crippen molar-refractivity contribution in [2.45, 2.75) is 59.2 Å². The van der Waals surface area contributed by atoms with Crippen molar-refractivity contribution in [1.29, 1.82) is 0 Å². The van der Waals surface area contributed by atoms with Crippen LogP contribution in [0.2, 0.25) is 0 Å². The second-order valence-electron chi connectivity index (χ2n) is 8.55. The zero-order valence-corrected chi connectivity index (χ0v) is 20.0. The summed E-state index contributed by atoms with van der Waals surface area (Å²) >= 11 is 0. The Morgan fingerprint density at radius 2 is 1.52 bits per heavy atom. The van der Waals surface area contributed by atoms with Crippen LogP contribution in [0, 0.1) is 19.8 Å². The molecule has 2 amide bonds. The van der Waals surface area contributed by atoms with Gasteiger partial charge in [0.05, 0.1) is 7.11 Å². The second kappa shape index (κ2) is 12.6. The third kappa shape index (κ3) is 8.25. The Morgan fingerprint density at radius 1 is 0.879 bits per heavy atom. The Bertz CT molecular complexity index is 923. The molecule has 0 aromatic heterocycles. The van der Waals surface area contributed by atoms with E-state index < -0.39 is 30.1 Å². The van der Waals surface area contributed by atoms with Crippen molar-refractivity contribution >= 4 is 18.0 Å². The maximum atomic E-state index is 13.1. The van der Waals surface area contributed by atoms with Gasteiger partial charge < -0.3 is 20.1 Å². The van der Waals surface area contributed by atoms with E-state index in [1.54, 1.807) is 0 Å². The van der Waals surface area contributed by atoms with Gasteiger partial charge in [0.25, 0.3) is 0 Å². The maximum Gasteiger partial charge on any atom is 0.408 e. The summed E-state index contributed by atoms with van der Waals surface area (Å²) in [6.45, 7) is 7.92. The van der Waals surface area contributed by atoms with Gasteiger partial charge >= 0.3 is 12.1 Å². The predicted molar refractivity (Wildman–Crippen MR) is 127 cm³/mol. The zero-order valence-electron chi connectivity index (χ0n) is 20.0. The number of carbonyl (C=O) groups is 3. The smallest absolute Gasteiger partial charge is 0.408 e. The van der Waals surface area contributed by atoms with Crippen molar-refractivity contribution in [2.24, 2.45) is 5.92 Å². The standard InChI is InChI=1S/C26H34N2O5/c1-17(2)14-22(28-26(31)33-16-20-12-7-6-8-13-20)24(29)27-23(25(30)32-5)15-21-18(3)10-9-11-19(21)4/h6-13,17,22-23H,14-16H2,1-5H3,(H,27,29)(H,28,31)/t22-,23-/m0/s1. The van der Waals surface area contributed by atoms with Crippen LogP contribution < -0.4 is 10.6 Å². The van der Waals surface area contributed by atoms with Crippen LogP contribution >= 0.6 is 0 Å². The fraction of sp³-hybridized carbons (Fsp3) is 0.423. The third-order valence-corrected chi connectivity index (χ3v) is 5.38. The highest BCUT2D eigenvalue weighted by atomic mass is 16.5. The number of hydrogen-bond donors (Lipinski definition) is 2. The van der Waals surface area contributed by atoms with Crippen molar-refractivity contribution in [3.8, 4) is 0 Å². The van der Waals surface area contributed by atoms with Crippen LogP contribution in [-0.2, 0) is 32.1 Å². The van der Waals surface area contributed by atoms with Crippen LogP contribution in [0.25, 0.3) is 0 Å². The van der Waals surface area contributed by atoms with Gasteiger partial charge in [-0.3, -0.25) is 4.79 Å². The second-order valence-corrected chi connectivity index (χ2v) is 8.55. The summed E-state index contributed by atoms with van der Waals surface area (Å²) in [6, 6.07) is 13.4. The molecule has 0 radical (unpaired) electrons. The quantitative estimate of drug-likeness (QED) is 0.532. The zero-order chi connectivity index (χ0) is 24.4. The molecule has 0 spiro atoms. The predicted octanol–water partition coefficient (Wildman–Crippen LogP) is 3.84. The first-order chi connectivity index (χ1) is 15.7. The maximum absolute atomic E-state index is 13.1. The topological polar surface area (TPSA) is 93.7 Å². The van der Waals surface area contributed by atoms with E-state index in [0.717, 1.165) is 22.3 Å². The van der Waals surface area contributed by atoms with Crippen LogP contribution in [0.5, 0.6) is 0 Å². The number of alkyl carbamates (subject to hydrolysis) is 1. The van der Waals surface area contributed by atoms with Crippen molar-refractivity contribution in [3.63, 3.8) is 0 Å². The van der Waals surface area contributed by atoms with Crippen LogP contribution in [0.1, 0.15) is 42.5 Å². The first kappa shape index (κ1) is 25.9. The Labute approximate surface area is 195 Å². The molecule has 0 saturated carbocycles. The fourth-order valence-electron chi connectivity index (χ4n) is 3.59. The van der Waals surface area contributed by atoms with E-state index in [0.29, 0.717) is 12.8 Å². The molecule has 2 rings (SSSR count). The molecule has 7 heteroatoms. The number of benzene rings is 2. The van der Waals surface area contributed by atoms with Gasteiger partial charge in [0, 0.05) is 6.42 Å². The number of carbonyl (C=O) groups excluding carboxylic acids is 3. The van der Waals surface area contributed by atoms with E-state index in [1.165, 1.54) is 7.11 Å². The minimum atomic E-state index is -0.876. The van der Waals surface area contributed by atoms with Crippen molar-refractivity contribution in [3.05, 3.63) is 70.8 Å². The van der Waals surface area contributed by atoms with E-state index in [4.69, 9.17) is 9.47 Å². The van der Waals surface area contributed by atoms with Gasteiger partial charge in [-0.1, -0.05) is 62.4 Å². The largest absolute Gasteiger partial charge is 0.467 e. The molecule has 0 aliphatic heterocycles. The van der Waals surface area contributed by atoms with Crippen LogP contribution in [-0.4, -0.2) is 37.2 Å². The minimum absolute atomic E-state index is 0.0973. The number of hydrogen-bond acceptors (Lipinski definition) is 5. The van der Waals surface area contributed by atoms with Gasteiger partial charge in [-0.2, -0.15) is 0 Å². The molecule has 33 heavy (non-hydrogen) atoms. The minimum Gasteiger partial charge on any atom is -0.467 e. The molecule has 2 aromatic carbocycles. The molecule has 0 fully saturated rings. The highest BCUT2D eigenvalue weighted by Crippen LogP contribution is 2.16. The lowest BCUT2D eigenvalue weighted by Crippen LogP contribution is -2.53. The molecule has 7 nitrogen and oxygen atoms in total. The van der Waals surface area contributed by atoms with Crippen LogP contribution in [0.15, 0.2) is 48.5 Å². The molecule has 2 aromatic rings. The van der Waals surface area contributed by atoms with Gasteiger partial charge in [0.15, 0.2) is 0 Å². The normalized spacial score (nSPS) is 12.5. The van der Waals surface area contributed by atoms with Crippen molar-refractivity contribution in [2.75, 3.05) is 7.11 Å². The van der Waals surface area contributed by atoms with Gasteiger partial charge in [-0.15, -0.1) is 0 Å². The molecule has 0 bridgehead atoms. The molecule has 0 heterocycles. The average molecular weight is 455 g/mol. The summed E-state index contributed by atoms with van der Waals surface area (Å²) < 4.78 is 10.2. The van der Waals surface area contributed by atoms with E-state index in [1.807, 2.05) is 76.2 Å².